The number of nitro groups is 1. The van der Waals surface area contributed by atoms with E-state index in [1.807, 2.05) is 36.6 Å². The van der Waals surface area contributed by atoms with Gasteiger partial charge in [0.05, 0.1) is 49.1 Å². The molecule has 200 valence electrons. The van der Waals surface area contributed by atoms with Gasteiger partial charge >= 0.3 is 0 Å². The van der Waals surface area contributed by atoms with Crippen molar-refractivity contribution in [3.05, 3.63) is 81.4 Å². The molecule has 3 aromatic rings. The molecule has 0 amide bonds. The number of nitrogens with zero attached hydrogens (tertiary/aromatic N) is 5. The molecular weight excluding hydrogens is 504 g/mol. The number of hydrogen-bond acceptors (Lipinski definition) is 7. The number of nitro benzene ring substituents is 1. The molecule has 38 heavy (non-hydrogen) atoms. The second-order valence-electron chi connectivity index (χ2n) is 9.55. The molecular formula is C27H32N6O4S. The average Bonchev–Trinajstić information content (AvgIpc) is 3.42. The van der Waals surface area contributed by atoms with E-state index >= 15 is 0 Å². The Labute approximate surface area is 227 Å². The van der Waals surface area contributed by atoms with E-state index in [4.69, 9.17) is 21.7 Å². The van der Waals surface area contributed by atoms with Crippen molar-refractivity contribution < 1.29 is 14.4 Å². The van der Waals surface area contributed by atoms with Crippen LogP contribution in [0.4, 0.5) is 5.69 Å². The molecule has 0 bridgehead atoms. The first-order valence-electron chi connectivity index (χ1n) is 12.7. The Hall–Kier alpha value is -3.54. The van der Waals surface area contributed by atoms with Crippen molar-refractivity contribution in [3.8, 4) is 11.4 Å². The van der Waals surface area contributed by atoms with E-state index in [0.717, 1.165) is 62.0 Å². The summed E-state index contributed by atoms with van der Waals surface area (Å²) in [6, 6.07) is 12.7. The molecule has 2 aliphatic heterocycles. The van der Waals surface area contributed by atoms with Crippen LogP contribution in [-0.4, -0.2) is 75.9 Å². The second-order valence-corrected chi connectivity index (χ2v) is 9.93. The molecule has 11 heteroatoms. The van der Waals surface area contributed by atoms with Gasteiger partial charge in [-0.25, -0.2) is 0 Å². The van der Waals surface area contributed by atoms with Gasteiger partial charge in [0.2, 0.25) is 0 Å². The van der Waals surface area contributed by atoms with E-state index < -0.39 is 0 Å². The Balaban J connectivity index is 1.56. The highest BCUT2D eigenvalue weighted by Crippen LogP contribution is 2.42. The van der Waals surface area contributed by atoms with Crippen LogP contribution in [0.1, 0.15) is 34.7 Å². The summed E-state index contributed by atoms with van der Waals surface area (Å²) >= 11 is 5.85. The second kappa shape index (κ2) is 11.1. The molecule has 0 aliphatic carbocycles. The normalized spacial score (nSPS) is 20.0. The van der Waals surface area contributed by atoms with Crippen molar-refractivity contribution in [1.82, 2.24) is 24.7 Å². The standard InChI is InChI=1S/C27H32N6O4S/c1-18-16-21(19(2)32(18)23-8-7-20(36-3)17-24(23)33(34)35)26-25(22-6-4-5-9-28-22)29-27(38)31(26)11-10-30-12-14-37-15-13-30/h4-9,16-17,25-26H,10-15H2,1-3H3,(H,29,38)/t25-,26-/m0/s1. The molecule has 1 N–H and O–H groups in total. The van der Waals surface area contributed by atoms with E-state index in [9.17, 15) is 10.1 Å². The fourth-order valence-electron chi connectivity index (χ4n) is 5.48. The average molecular weight is 537 g/mol. The first-order chi connectivity index (χ1) is 18.4. The maximum Gasteiger partial charge on any atom is 0.296 e. The Morgan fingerprint density at radius 1 is 1.18 bits per heavy atom. The monoisotopic (exact) mass is 536 g/mol. The van der Waals surface area contributed by atoms with Crippen molar-refractivity contribution in [2.75, 3.05) is 46.5 Å². The zero-order valence-corrected chi connectivity index (χ0v) is 22.6. The van der Waals surface area contributed by atoms with Crippen molar-refractivity contribution >= 4 is 23.0 Å². The van der Waals surface area contributed by atoms with Crippen LogP contribution < -0.4 is 10.1 Å². The fourth-order valence-corrected chi connectivity index (χ4v) is 5.81. The van der Waals surface area contributed by atoms with E-state index in [0.29, 0.717) is 16.5 Å². The summed E-state index contributed by atoms with van der Waals surface area (Å²) in [5.41, 5.74) is 4.26. The third kappa shape index (κ3) is 4.96. The van der Waals surface area contributed by atoms with E-state index in [1.54, 1.807) is 18.3 Å². The maximum atomic E-state index is 12.0. The zero-order chi connectivity index (χ0) is 26.8. The molecule has 2 atom stereocenters. The third-order valence-electron chi connectivity index (χ3n) is 7.37. The summed E-state index contributed by atoms with van der Waals surface area (Å²) in [5, 5.41) is 16.2. The lowest BCUT2D eigenvalue weighted by Gasteiger charge is -2.32. The first-order valence-corrected chi connectivity index (χ1v) is 13.1. The molecule has 10 nitrogen and oxygen atoms in total. The van der Waals surface area contributed by atoms with Crippen molar-refractivity contribution in [3.63, 3.8) is 0 Å². The Morgan fingerprint density at radius 2 is 1.97 bits per heavy atom. The topological polar surface area (TPSA) is 97.9 Å². The van der Waals surface area contributed by atoms with Crippen molar-refractivity contribution in [1.29, 1.82) is 0 Å². The Kier molecular flexibility index (Phi) is 7.59. The number of pyridine rings is 1. The SMILES string of the molecule is COc1ccc(-n2c(C)cc([C@H]3[C@H](c4ccccn4)NC(=S)N3CCN3CCOCC3)c2C)c([N+](=O)[O-])c1. The van der Waals surface area contributed by atoms with E-state index in [2.05, 4.69) is 26.2 Å². The smallest absolute Gasteiger partial charge is 0.296 e. The van der Waals surface area contributed by atoms with Crippen LogP contribution in [-0.2, 0) is 4.74 Å². The Bertz CT molecular complexity index is 1320. The molecule has 4 heterocycles. The van der Waals surface area contributed by atoms with Crippen LogP contribution in [0.2, 0.25) is 0 Å². The molecule has 2 fully saturated rings. The van der Waals surface area contributed by atoms with E-state index in [-0.39, 0.29) is 22.7 Å². The van der Waals surface area contributed by atoms with Crippen LogP contribution in [0.15, 0.2) is 48.7 Å². The summed E-state index contributed by atoms with van der Waals surface area (Å²) in [5.74, 6) is 0.443. The summed E-state index contributed by atoms with van der Waals surface area (Å²) in [6.07, 6.45) is 1.79. The van der Waals surface area contributed by atoms with Crippen molar-refractivity contribution in [2.24, 2.45) is 0 Å². The van der Waals surface area contributed by atoms with Gasteiger partial charge in [-0.2, -0.15) is 0 Å². The lowest BCUT2D eigenvalue weighted by atomic mass is 9.96. The minimum Gasteiger partial charge on any atom is -0.496 e. The summed E-state index contributed by atoms with van der Waals surface area (Å²) in [6.45, 7) is 8.86. The number of aromatic nitrogens is 2. The van der Waals surface area contributed by atoms with Crippen LogP contribution >= 0.6 is 12.2 Å². The molecule has 0 spiro atoms. The summed E-state index contributed by atoms with van der Waals surface area (Å²) < 4.78 is 12.7. The molecule has 2 aliphatic rings. The molecule has 2 aromatic heterocycles. The molecule has 0 saturated carbocycles. The third-order valence-corrected chi connectivity index (χ3v) is 7.72. The van der Waals surface area contributed by atoms with Crippen LogP contribution in [0.5, 0.6) is 5.75 Å². The van der Waals surface area contributed by atoms with Gasteiger partial charge in [0.1, 0.15) is 11.4 Å². The number of thiocarbonyl (C=S) groups is 1. The fraction of sp³-hybridized carbons (Fsp3) is 0.407. The quantitative estimate of drug-likeness (QED) is 0.262. The van der Waals surface area contributed by atoms with Gasteiger partial charge in [-0.3, -0.25) is 20.0 Å². The lowest BCUT2D eigenvalue weighted by Crippen LogP contribution is -2.42. The van der Waals surface area contributed by atoms with Gasteiger partial charge in [-0.15, -0.1) is 0 Å². The first kappa shape index (κ1) is 26.1. The van der Waals surface area contributed by atoms with Gasteiger partial charge in [-0.1, -0.05) is 6.07 Å². The number of ether oxygens (including phenoxy) is 2. The van der Waals surface area contributed by atoms with Gasteiger partial charge in [-0.05, 0) is 62.0 Å². The number of nitrogens with one attached hydrogen (secondary N) is 1. The van der Waals surface area contributed by atoms with Crippen molar-refractivity contribution in [2.45, 2.75) is 25.9 Å². The number of aryl methyl sites for hydroxylation is 1. The van der Waals surface area contributed by atoms with Gasteiger partial charge in [0, 0.05) is 43.8 Å². The summed E-state index contributed by atoms with van der Waals surface area (Å²) in [7, 11) is 1.50. The number of rotatable bonds is 8. The van der Waals surface area contributed by atoms with Crippen LogP contribution in [0.3, 0.4) is 0 Å². The molecule has 2 saturated heterocycles. The predicted molar refractivity (Wildman–Crippen MR) is 148 cm³/mol. The van der Waals surface area contributed by atoms with E-state index in [1.165, 1.54) is 13.2 Å². The largest absolute Gasteiger partial charge is 0.496 e. The molecule has 0 unspecified atom stereocenters. The minimum atomic E-state index is -0.367. The number of methoxy groups -OCH3 is 1. The molecule has 5 rings (SSSR count). The number of morpholine rings is 1. The van der Waals surface area contributed by atoms with Gasteiger partial charge in [0.25, 0.3) is 5.69 Å². The minimum absolute atomic E-state index is 0.0109. The zero-order valence-electron chi connectivity index (χ0n) is 21.8. The predicted octanol–water partition coefficient (Wildman–Crippen LogP) is 3.71. The number of benzene rings is 1. The molecule has 0 radical (unpaired) electrons. The highest BCUT2D eigenvalue weighted by Gasteiger charge is 2.41. The number of hydrogen-bond donors (Lipinski definition) is 1. The summed E-state index contributed by atoms with van der Waals surface area (Å²) in [4.78, 5) is 20.9. The Morgan fingerprint density at radius 3 is 2.66 bits per heavy atom. The van der Waals surface area contributed by atoms with Gasteiger partial charge in [0.15, 0.2) is 5.11 Å². The van der Waals surface area contributed by atoms with Crippen LogP contribution in [0.25, 0.3) is 5.69 Å². The molecule has 1 aromatic carbocycles. The lowest BCUT2D eigenvalue weighted by molar-refractivity contribution is -0.384. The van der Waals surface area contributed by atoms with Crippen LogP contribution in [0, 0.1) is 24.0 Å². The highest BCUT2D eigenvalue weighted by atomic mass is 32.1. The van der Waals surface area contributed by atoms with Gasteiger partial charge < -0.3 is 24.3 Å². The highest BCUT2D eigenvalue weighted by molar-refractivity contribution is 7.80. The maximum absolute atomic E-state index is 12.0.